The Morgan fingerprint density at radius 2 is 1.93 bits per heavy atom. The molecule has 0 fully saturated rings. The van der Waals surface area contributed by atoms with E-state index in [-0.39, 0.29) is 0 Å². The monoisotopic (exact) mass is 192 g/mol. The second-order valence-corrected chi connectivity index (χ2v) is 3.14. The lowest BCUT2D eigenvalue weighted by atomic mass is 10.1. The van der Waals surface area contributed by atoms with Gasteiger partial charge in [-0.2, -0.15) is 0 Å². The van der Waals surface area contributed by atoms with Gasteiger partial charge in [-0.3, -0.25) is 0 Å². The standard InChI is InChI=1S/C10H13N3O/c1-13(2)9-5-3-8(4-6-9)7-12-10(11)14/h3-7H,1-2H3,(H2,11,14)/p+1. The summed E-state index contributed by atoms with van der Waals surface area (Å²) < 4.78 is 2.01. The molecule has 0 saturated heterocycles. The van der Waals surface area contributed by atoms with Gasteiger partial charge >= 0.3 is 6.03 Å². The van der Waals surface area contributed by atoms with E-state index in [1.54, 1.807) is 6.20 Å². The Kier molecular flexibility index (Phi) is 3.23. The first kappa shape index (κ1) is 10.2. The van der Waals surface area contributed by atoms with Crippen molar-refractivity contribution in [3.05, 3.63) is 36.1 Å². The van der Waals surface area contributed by atoms with Crippen LogP contribution in [0.25, 0.3) is 0 Å². The highest BCUT2D eigenvalue weighted by molar-refractivity contribution is 6.02. The average Bonchev–Trinajstić information content (AvgIpc) is 2.15. The van der Waals surface area contributed by atoms with E-state index in [1.165, 1.54) is 0 Å². The number of primary amides is 1. The Bertz CT molecular complexity index is 340. The third kappa shape index (κ3) is 2.90. The Morgan fingerprint density at radius 1 is 1.36 bits per heavy atom. The zero-order valence-electron chi connectivity index (χ0n) is 8.32. The van der Waals surface area contributed by atoms with Crippen molar-refractivity contribution in [2.45, 2.75) is 0 Å². The third-order valence-corrected chi connectivity index (χ3v) is 1.79. The van der Waals surface area contributed by atoms with Crippen LogP contribution < -0.4 is 11.1 Å². The minimum Gasteiger partial charge on any atom is -0.351 e. The lowest BCUT2D eigenvalue weighted by molar-refractivity contribution is -0.462. The number of nitrogens with two attached hydrogens (primary N) is 1. The van der Waals surface area contributed by atoms with Gasteiger partial charge in [0.25, 0.3) is 0 Å². The molecule has 3 N–H and O–H groups in total. The number of nitrogens with one attached hydrogen (secondary N) is 1. The maximum Gasteiger partial charge on any atom is 0.316 e. The average molecular weight is 192 g/mol. The number of allylic oxidation sites excluding steroid dienone is 5. The Balaban J connectivity index is 2.71. The first-order chi connectivity index (χ1) is 6.59. The van der Waals surface area contributed by atoms with Crippen LogP contribution in [0.4, 0.5) is 4.79 Å². The summed E-state index contributed by atoms with van der Waals surface area (Å²) in [7, 11) is 3.95. The van der Waals surface area contributed by atoms with Gasteiger partial charge in [-0.05, 0) is 17.7 Å². The predicted octanol–water partition coefficient (Wildman–Crippen LogP) is 0.378. The molecule has 0 aromatic carbocycles. The van der Waals surface area contributed by atoms with E-state index < -0.39 is 6.03 Å². The number of hydrogen-bond acceptors (Lipinski definition) is 1. The van der Waals surface area contributed by atoms with E-state index >= 15 is 0 Å². The molecule has 14 heavy (non-hydrogen) atoms. The van der Waals surface area contributed by atoms with E-state index in [9.17, 15) is 4.79 Å². The molecule has 0 bridgehead atoms. The molecule has 0 radical (unpaired) electrons. The van der Waals surface area contributed by atoms with E-state index in [2.05, 4.69) is 5.32 Å². The minimum absolute atomic E-state index is 0.554. The summed E-state index contributed by atoms with van der Waals surface area (Å²) in [5, 5.41) is 2.41. The van der Waals surface area contributed by atoms with Gasteiger partial charge in [0.2, 0.25) is 0 Å². The summed E-state index contributed by atoms with van der Waals surface area (Å²) in [6.07, 6.45) is 9.32. The summed E-state index contributed by atoms with van der Waals surface area (Å²) in [6, 6.07) is -0.554. The van der Waals surface area contributed by atoms with Crippen LogP contribution in [0, 0.1) is 0 Å². The van der Waals surface area contributed by atoms with Gasteiger partial charge in [0.1, 0.15) is 14.1 Å². The molecular formula is C10H14N3O+. The fourth-order valence-electron chi connectivity index (χ4n) is 1.02. The maximum absolute atomic E-state index is 10.4. The predicted molar refractivity (Wildman–Crippen MR) is 56.2 cm³/mol. The van der Waals surface area contributed by atoms with Crippen LogP contribution in [0.3, 0.4) is 0 Å². The van der Waals surface area contributed by atoms with Crippen LogP contribution in [0.2, 0.25) is 0 Å². The lowest BCUT2D eigenvalue weighted by Gasteiger charge is -2.01. The van der Waals surface area contributed by atoms with Gasteiger partial charge in [0.15, 0.2) is 5.71 Å². The van der Waals surface area contributed by atoms with Crippen LogP contribution in [0.15, 0.2) is 36.1 Å². The molecule has 0 aromatic rings. The number of nitrogens with zero attached hydrogens (tertiary/aromatic N) is 1. The number of amides is 2. The number of urea groups is 1. The van der Waals surface area contributed by atoms with Crippen LogP contribution in [0.1, 0.15) is 0 Å². The molecule has 0 unspecified atom stereocenters. The van der Waals surface area contributed by atoms with Crippen LogP contribution in [-0.4, -0.2) is 30.4 Å². The molecule has 1 rings (SSSR count). The van der Waals surface area contributed by atoms with E-state index in [1.807, 2.05) is 43.0 Å². The number of hydrogen-bond donors (Lipinski definition) is 2. The molecule has 0 aliphatic heterocycles. The van der Waals surface area contributed by atoms with E-state index in [4.69, 9.17) is 5.73 Å². The first-order valence-electron chi connectivity index (χ1n) is 4.26. The van der Waals surface area contributed by atoms with Crippen molar-refractivity contribution in [1.29, 1.82) is 0 Å². The largest absolute Gasteiger partial charge is 0.351 e. The Morgan fingerprint density at radius 3 is 2.36 bits per heavy atom. The second-order valence-electron chi connectivity index (χ2n) is 3.14. The lowest BCUT2D eigenvalue weighted by Crippen LogP contribution is -2.24. The smallest absolute Gasteiger partial charge is 0.316 e. The Labute approximate surface area is 83.1 Å². The third-order valence-electron chi connectivity index (χ3n) is 1.79. The maximum atomic E-state index is 10.4. The second kappa shape index (κ2) is 4.41. The molecule has 0 heterocycles. The molecule has 0 atom stereocenters. The molecule has 74 valence electrons. The van der Waals surface area contributed by atoms with Gasteiger partial charge in [-0.15, -0.1) is 0 Å². The molecule has 0 aromatic heterocycles. The van der Waals surface area contributed by atoms with E-state index in [0.717, 1.165) is 11.3 Å². The Hall–Kier alpha value is -1.84. The molecule has 0 saturated carbocycles. The topological polar surface area (TPSA) is 58.1 Å². The van der Waals surface area contributed by atoms with Crippen LogP contribution >= 0.6 is 0 Å². The van der Waals surface area contributed by atoms with Crippen molar-refractivity contribution < 1.29 is 9.37 Å². The fourth-order valence-corrected chi connectivity index (χ4v) is 1.02. The molecule has 1 aliphatic carbocycles. The summed E-state index contributed by atoms with van der Waals surface area (Å²) >= 11 is 0. The van der Waals surface area contributed by atoms with Crippen molar-refractivity contribution in [1.82, 2.24) is 5.32 Å². The van der Waals surface area contributed by atoms with Crippen molar-refractivity contribution >= 4 is 11.7 Å². The molecule has 2 amide bonds. The fraction of sp³-hybridized carbons (Fsp3) is 0.200. The quantitative estimate of drug-likeness (QED) is 0.580. The van der Waals surface area contributed by atoms with Crippen molar-refractivity contribution in [2.24, 2.45) is 5.73 Å². The SMILES string of the molecule is C[N+](C)=C1C=CC(=CNC(N)=O)C=C1. The highest BCUT2D eigenvalue weighted by Crippen LogP contribution is 2.04. The van der Waals surface area contributed by atoms with Gasteiger partial charge in [-0.1, -0.05) is 0 Å². The van der Waals surface area contributed by atoms with Crippen LogP contribution in [-0.2, 0) is 0 Å². The van der Waals surface area contributed by atoms with Crippen LogP contribution in [0.5, 0.6) is 0 Å². The summed E-state index contributed by atoms with van der Waals surface area (Å²) in [5.41, 5.74) is 6.95. The summed E-state index contributed by atoms with van der Waals surface area (Å²) in [5.74, 6) is 0. The zero-order chi connectivity index (χ0) is 10.6. The van der Waals surface area contributed by atoms with Gasteiger partial charge in [-0.25, -0.2) is 9.37 Å². The molecule has 1 aliphatic rings. The van der Waals surface area contributed by atoms with Gasteiger partial charge < -0.3 is 11.1 Å². The number of carbonyl (C=O) groups excluding carboxylic acids is 1. The first-order valence-corrected chi connectivity index (χ1v) is 4.26. The zero-order valence-corrected chi connectivity index (χ0v) is 8.32. The van der Waals surface area contributed by atoms with Crippen molar-refractivity contribution in [3.63, 3.8) is 0 Å². The highest BCUT2D eigenvalue weighted by Gasteiger charge is 2.03. The highest BCUT2D eigenvalue weighted by atomic mass is 16.2. The molecule has 0 spiro atoms. The van der Waals surface area contributed by atoms with Crippen molar-refractivity contribution in [3.8, 4) is 0 Å². The summed E-state index contributed by atoms with van der Waals surface area (Å²) in [6.45, 7) is 0. The molecule has 4 nitrogen and oxygen atoms in total. The number of rotatable bonds is 1. The molecular weight excluding hydrogens is 178 g/mol. The van der Waals surface area contributed by atoms with E-state index in [0.29, 0.717) is 0 Å². The molecule has 4 heteroatoms. The van der Waals surface area contributed by atoms with Gasteiger partial charge in [0.05, 0.1) is 0 Å². The minimum atomic E-state index is -0.554. The van der Waals surface area contributed by atoms with Crippen molar-refractivity contribution in [2.75, 3.05) is 14.1 Å². The normalized spacial score (nSPS) is 14.1. The van der Waals surface area contributed by atoms with Gasteiger partial charge in [0, 0.05) is 18.4 Å². The summed E-state index contributed by atoms with van der Waals surface area (Å²) in [4.78, 5) is 10.4. The number of carbonyl (C=O) groups is 1.